The first-order valence-electron chi connectivity index (χ1n) is 5.43. The SMILES string of the molecule is CCN(C)C(=O)CNS(=O)(=O)c1c[nH]c(C(=O)O)c1. The van der Waals surface area contributed by atoms with Crippen molar-refractivity contribution in [3.63, 3.8) is 0 Å². The van der Waals surface area contributed by atoms with Crippen molar-refractivity contribution in [1.29, 1.82) is 0 Å². The van der Waals surface area contributed by atoms with Crippen LogP contribution < -0.4 is 4.72 Å². The zero-order valence-electron chi connectivity index (χ0n) is 10.5. The van der Waals surface area contributed by atoms with Crippen molar-refractivity contribution in [1.82, 2.24) is 14.6 Å². The maximum atomic E-state index is 11.8. The van der Waals surface area contributed by atoms with Gasteiger partial charge in [0.25, 0.3) is 0 Å². The number of amides is 1. The summed E-state index contributed by atoms with van der Waals surface area (Å²) in [5.74, 6) is -1.64. The first-order chi connectivity index (χ1) is 8.77. The second-order valence-electron chi connectivity index (χ2n) is 3.79. The van der Waals surface area contributed by atoms with Crippen molar-refractivity contribution in [2.45, 2.75) is 11.8 Å². The zero-order valence-corrected chi connectivity index (χ0v) is 11.3. The van der Waals surface area contributed by atoms with Crippen LogP contribution >= 0.6 is 0 Å². The van der Waals surface area contributed by atoms with Gasteiger partial charge in [-0.15, -0.1) is 0 Å². The Bertz CT molecular complexity index is 578. The molecule has 0 unspecified atom stereocenters. The lowest BCUT2D eigenvalue weighted by molar-refractivity contribution is -0.128. The molecule has 0 aliphatic heterocycles. The van der Waals surface area contributed by atoms with Crippen LogP contribution in [0.2, 0.25) is 0 Å². The summed E-state index contributed by atoms with van der Waals surface area (Å²) < 4.78 is 25.7. The van der Waals surface area contributed by atoms with Crippen LogP contribution in [0.25, 0.3) is 0 Å². The van der Waals surface area contributed by atoms with Crippen LogP contribution in [0.15, 0.2) is 17.2 Å². The average molecular weight is 289 g/mol. The number of nitrogens with zero attached hydrogens (tertiary/aromatic N) is 1. The molecule has 9 heteroatoms. The highest BCUT2D eigenvalue weighted by Gasteiger charge is 2.19. The van der Waals surface area contributed by atoms with Gasteiger partial charge in [-0.3, -0.25) is 4.79 Å². The van der Waals surface area contributed by atoms with Gasteiger partial charge in [-0.2, -0.15) is 0 Å². The third-order valence-electron chi connectivity index (χ3n) is 2.51. The van der Waals surface area contributed by atoms with E-state index in [1.54, 1.807) is 14.0 Å². The predicted molar refractivity (Wildman–Crippen MR) is 66.3 cm³/mol. The quantitative estimate of drug-likeness (QED) is 0.650. The molecule has 19 heavy (non-hydrogen) atoms. The summed E-state index contributed by atoms with van der Waals surface area (Å²) in [4.78, 5) is 25.5. The maximum Gasteiger partial charge on any atom is 0.352 e. The van der Waals surface area contributed by atoms with Gasteiger partial charge in [0.2, 0.25) is 15.9 Å². The van der Waals surface area contributed by atoms with E-state index < -0.39 is 16.0 Å². The van der Waals surface area contributed by atoms with E-state index in [-0.39, 0.29) is 23.0 Å². The normalized spacial score (nSPS) is 11.3. The number of hydrogen-bond acceptors (Lipinski definition) is 4. The third kappa shape index (κ3) is 3.80. The van der Waals surface area contributed by atoms with Gasteiger partial charge in [-0.25, -0.2) is 17.9 Å². The molecule has 0 aliphatic rings. The standard InChI is InChI=1S/C10H15N3O5S/c1-3-13(2)9(14)6-12-19(17,18)7-4-8(10(15)16)11-5-7/h4-5,11-12H,3,6H2,1-2H3,(H,15,16). The molecule has 0 aliphatic carbocycles. The molecule has 1 aromatic rings. The summed E-state index contributed by atoms with van der Waals surface area (Å²) in [6, 6.07) is 0.985. The number of rotatable bonds is 6. The average Bonchev–Trinajstić information content (AvgIpc) is 2.85. The summed E-state index contributed by atoms with van der Waals surface area (Å²) in [6.07, 6.45) is 1.06. The summed E-state index contributed by atoms with van der Waals surface area (Å²) in [5.41, 5.74) is -0.239. The van der Waals surface area contributed by atoms with Crippen LogP contribution in [0.5, 0.6) is 0 Å². The third-order valence-corrected chi connectivity index (χ3v) is 3.89. The van der Waals surface area contributed by atoms with E-state index in [0.717, 1.165) is 12.3 Å². The first kappa shape index (κ1) is 15.2. The number of carbonyl (C=O) groups is 2. The Morgan fingerprint density at radius 1 is 1.47 bits per heavy atom. The van der Waals surface area contributed by atoms with Gasteiger partial charge in [0.1, 0.15) is 10.6 Å². The highest BCUT2D eigenvalue weighted by molar-refractivity contribution is 7.89. The molecule has 0 saturated carbocycles. The molecule has 8 nitrogen and oxygen atoms in total. The van der Waals surface area contributed by atoms with Crippen molar-refractivity contribution in [3.05, 3.63) is 18.0 Å². The Kier molecular flexibility index (Phi) is 4.67. The number of H-pyrrole nitrogens is 1. The fourth-order valence-corrected chi connectivity index (χ4v) is 2.17. The highest BCUT2D eigenvalue weighted by atomic mass is 32.2. The Labute approximate surface area is 110 Å². The Morgan fingerprint density at radius 3 is 2.58 bits per heavy atom. The number of carboxylic acid groups (broad SMARTS) is 1. The molecule has 0 aromatic carbocycles. The van der Waals surface area contributed by atoms with Gasteiger partial charge < -0.3 is 15.0 Å². The van der Waals surface area contributed by atoms with Crippen LogP contribution in [-0.2, 0) is 14.8 Å². The molecule has 0 fully saturated rings. The van der Waals surface area contributed by atoms with Crippen LogP contribution in [0.1, 0.15) is 17.4 Å². The van der Waals surface area contributed by atoms with Crippen LogP contribution in [0.3, 0.4) is 0 Å². The topological polar surface area (TPSA) is 120 Å². The molecule has 0 bridgehead atoms. The summed E-state index contributed by atoms with van der Waals surface area (Å²) in [6.45, 7) is 1.85. The zero-order chi connectivity index (χ0) is 14.6. The van der Waals surface area contributed by atoms with Crippen molar-refractivity contribution in [3.8, 4) is 0 Å². The van der Waals surface area contributed by atoms with E-state index in [1.165, 1.54) is 4.90 Å². The number of aromatic carboxylic acids is 1. The summed E-state index contributed by atoms with van der Waals surface area (Å²) in [7, 11) is -2.35. The molecule has 3 N–H and O–H groups in total. The van der Waals surface area contributed by atoms with E-state index in [0.29, 0.717) is 6.54 Å². The van der Waals surface area contributed by atoms with E-state index >= 15 is 0 Å². The molecule has 0 saturated heterocycles. The smallest absolute Gasteiger partial charge is 0.352 e. The van der Waals surface area contributed by atoms with Crippen molar-refractivity contribution in [2.75, 3.05) is 20.1 Å². The first-order valence-corrected chi connectivity index (χ1v) is 6.91. The Morgan fingerprint density at radius 2 is 2.11 bits per heavy atom. The molecule has 0 atom stereocenters. The largest absolute Gasteiger partial charge is 0.477 e. The molecule has 0 radical (unpaired) electrons. The highest BCUT2D eigenvalue weighted by Crippen LogP contribution is 2.10. The van der Waals surface area contributed by atoms with Crippen molar-refractivity contribution >= 4 is 21.9 Å². The van der Waals surface area contributed by atoms with Gasteiger partial charge >= 0.3 is 5.97 Å². The monoisotopic (exact) mass is 289 g/mol. The number of hydrogen-bond donors (Lipinski definition) is 3. The van der Waals surface area contributed by atoms with Crippen molar-refractivity contribution < 1.29 is 23.1 Å². The fraction of sp³-hybridized carbons (Fsp3) is 0.400. The number of sulfonamides is 1. The number of aromatic amines is 1. The molecule has 1 heterocycles. The number of carbonyl (C=O) groups excluding carboxylic acids is 1. The van der Waals surface area contributed by atoms with Crippen molar-refractivity contribution in [2.24, 2.45) is 0 Å². The summed E-state index contributed by atoms with van der Waals surface area (Å²) in [5, 5.41) is 8.68. The maximum absolute atomic E-state index is 11.8. The molecule has 106 valence electrons. The van der Waals surface area contributed by atoms with E-state index in [4.69, 9.17) is 5.11 Å². The second-order valence-corrected chi connectivity index (χ2v) is 5.55. The van der Waals surface area contributed by atoms with Gasteiger partial charge in [-0.05, 0) is 13.0 Å². The van der Waals surface area contributed by atoms with Gasteiger partial charge in [0, 0.05) is 19.8 Å². The number of nitrogens with one attached hydrogen (secondary N) is 2. The second kappa shape index (κ2) is 5.85. The van der Waals surface area contributed by atoms with Gasteiger partial charge in [0.05, 0.1) is 6.54 Å². The lowest BCUT2D eigenvalue weighted by atomic mass is 10.4. The summed E-state index contributed by atoms with van der Waals surface area (Å²) >= 11 is 0. The number of likely N-dealkylation sites (N-methyl/N-ethyl adjacent to an activating group) is 1. The predicted octanol–water partition coefficient (Wildman–Crippen LogP) is -0.530. The van der Waals surface area contributed by atoms with Crippen LogP contribution in [0.4, 0.5) is 0 Å². The molecule has 0 spiro atoms. The molecular formula is C10H15N3O5S. The Balaban J connectivity index is 2.76. The minimum absolute atomic E-state index is 0.225. The molecule has 1 aromatic heterocycles. The number of aromatic nitrogens is 1. The van der Waals surface area contributed by atoms with Crippen LogP contribution in [-0.4, -0.2) is 55.4 Å². The van der Waals surface area contributed by atoms with E-state index in [9.17, 15) is 18.0 Å². The molecular weight excluding hydrogens is 274 g/mol. The minimum Gasteiger partial charge on any atom is -0.477 e. The lowest BCUT2D eigenvalue weighted by Crippen LogP contribution is -2.37. The molecule has 1 amide bonds. The van der Waals surface area contributed by atoms with Gasteiger partial charge in [0.15, 0.2) is 0 Å². The van der Waals surface area contributed by atoms with E-state index in [1.807, 2.05) is 0 Å². The minimum atomic E-state index is -3.90. The van der Waals surface area contributed by atoms with E-state index in [2.05, 4.69) is 9.71 Å². The lowest BCUT2D eigenvalue weighted by Gasteiger charge is -2.14. The molecule has 1 rings (SSSR count). The number of carboxylic acids is 1. The van der Waals surface area contributed by atoms with Crippen LogP contribution in [0, 0.1) is 0 Å². The fourth-order valence-electron chi connectivity index (χ4n) is 1.20. The Hall–Kier alpha value is -1.87. The van der Waals surface area contributed by atoms with Gasteiger partial charge in [-0.1, -0.05) is 0 Å².